The van der Waals surface area contributed by atoms with Gasteiger partial charge in [0.05, 0.1) is 35.2 Å². The van der Waals surface area contributed by atoms with Crippen LogP contribution >= 0.6 is 11.6 Å². The number of hydrogen-bond donors (Lipinski definition) is 3. The molecule has 1 aromatic heterocycles. The highest BCUT2D eigenvalue weighted by Crippen LogP contribution is 2.49. The lowest BCUT2D eigenvalue weighted by atomic mass is 10.1. The van der Waals surface area contributed by atoms with Crippen molar-refractivity contribution >= 4 is 40.7 Å². The highest BCUT2D eigenvalue weighted by Gasteiger charge is 2.63. The maximum atomic E-state index is 15.0. The third-order valence-corrected chi connectivity index (χ3v) is 7.36. The molecule has 2 aromatic carbocycles. The largest absolute Gasteiger partial charge is 0.393 e. The number of hydrogen-bond acceptors (Lipinski definition) is 5. The zero-order chi connectivity index (χ0) is 27.7. The average Bonchev–Trinajstić information content (AvgIpc) is 3.68. The van der Waals surface area contributed by atoms with Crippen LogP contribution in [0.3, 0.4) is 0 Å². The van der Waals surface area contributed by atoms with Gasteiger partial charge in [0.15, 0.2) is 0 Å². The van der Waals surface area contributed by atoms with E-state index >= 15 is 0 Å². The van der Waals surface area contributed by atoms with Crippen LogP contribution in [0.1, 0.15) is 12.8 Å². The molecule has 1 saturated heterocycles. The minimum absolute atomic E-state index is 0.135. The summed E-state index contributed by atoms with van der Waals surface area (Å²) in [6.45, 7) is 0.649. The number of aliphatic hydroxyl groups is 1. The molecule has 0 radical (unpaired) electrons. The number of pyridine rings is 1. The molecule has 3 aromatic rings. The first kappa shape index (κ1) is 26.6. The van der Waals surface area contributed by atoms with Crippen LogP contribution in [0.5, 0.6) is 0 Å². The first-order chi connectivity index (χ1) is 18.7. The Hall–Kier alpha value is -4.02. The minimum atomic E-state index is -1.01. The van der Waals surface area contributed by atoms with Gasteiger partial charge in [-0.3, -0.25) is 23.7 Å². The summed E-state index contributed by atoms with van der Waals surface area (Å²) >= 11 is 5.91. The molecule has 0 bridgehead atoms. The average molecular weight is 553 g/mol. The molecular weight excluding hydrogens is 527 g/mol. The Morgan fingerprint density at radius 1 is 0.897 bits per heavy atom. The molecule has 1 saturated carbocycles. The fraction of sp³-hybridized carbons (Fsp3) is 0.286. The van der Waals surface area contributed by atoms with Gasteiger partial charge in [0.25, 0.3) is 5.56 Å². The SMILES string of the molecule is O=C(Nc1ccc(Cl)cc1)[C@@H]1[C@H](C(=O)Nc2ccc(-n3ccccc3=O)cc2F)[C@H]1C(=O)N1CCC(O)CC1. The highest BCUT2D eigenvalue weighted by atomic mass is 35.5. The molecule has 0 spiro atoms. The zero-order valence-electron chi connectivity index (χ0n) is 20.7. The summed E-state index contributed by atoms with van der Waals surface area (Å²) < 4.78 is 16.2. The molecule has 5 rings (SSSR count). The van der Waals surface area contributed by atoms with Gasteiger partial charge in [-0.2, -0.15) is 0 Å². The Kier molecular flexibility index (Phi) is 7.49. The van der Waals surface area contributed by atoms with Crippen molar-refractivity contribution < 1.29 is 23.9 Å². The van der Waals surface area contributed by atoms with E-state index in [0.717, 1.165) is 6.07 Å². The molecule has 1 aliphatic heterocycles. The van der Waals surface area contributed by atoms with Crippen LogP contribution in [0.4, 0.5) is 15.8 Å². The lowest BCUT2D eigenvalue weighted by molar-refractivity contribution is -0.136. The van der Waals surface area contributed by atoms with Crippen LogP contribution in [0.2, 0.25) is 5.02 Å². The quantitative estimate of drug-likeness (QED) is 0.434. The lowest BCUT2D eigenvalue weighted by Crippen LogP contribution is -2.41. The van der Waals surface area contributed by atoms with Crippen molar-refractivity contribution in [2.75, 3.05) is 23.7 Å². The van der Waals surface area contributed by atoms with E-state index in [1.807, 2.05) is 0 Å². The van der Waals surface area contributed by atoms with Crippen LogP contribution in [0.25, 0.3) is 5.69 Å². The molecule has 202 valence electrons. The van der Waals surface area contributed by atoms with Crippen LogP contribution in [0.15, 0.2) is 71.7 Å². The number of aromatic nitrogens is 1. The maximum Gasteiger partial charge on any atom is 0.255 e. The maximum absolute atomic E-state index is 15.0. The van der Waals surface area contributed by atoms with Crippen LogP contribution < -0.4 is 16.2 Å². The van der Waals surface area contributed by atoms with E-state index in [4.69, 9.17) is 11.6 Å². The molecule has 0 unspecified atom stereocenters. The van der Waals surface area contributed by atoms with Gasteiger partial charge in [0.2, 0.25) is 17.7 Å². The van der Waals surface area contributed by atoms with Gasteiger partial charge in [-0.05, 0) is 55.3 Å². The third kappa shape index (κ3) is 5.71. The summed E-state index contributed by atoms with van der Waals surface area (Å²) in [6, 6.07) is 14.9. The predicted octanol–water partition coefficient (Wildman–Crippen LogP) is 3.05. The second kappa shape index (κ2) is 11.0. The van der Waals surface area contributed by atoms with E-state index < -0.39 is 41.5 Å². The standard InChI is InChI=1S/C28H26ClFN4O5/c29-16-4-6-17(7-5-16)31-26(37)23-24(25(23)28(39)33-13-10-19(35)11-14-33)27(38)32-21-9-8-18(15-20(21)30)34-12-2-1-3-22(34)36/h1-9,12,15,19,23-25,35H,10-11,13-14H2,(H,31,37)(H,32,38)/t23-,24+,25+/m1/s1. The second-order valence-corrected chi connectivity index (χ2v) is 10.1. The Balaban J connectivity index is 1.34. The summed E-state index contributed by atoms with van der Waals surface area (Å²) in [7, 11) is 0. The lowest BCUT2D eigenvalue weighted by Gasteiger charge is -2.29. The van der Waals surface area contributed by atoms with Gasteiger partial charge in [-0.15, -0.1) is 0 Å². The van der Waals surface area contributed by atoms with E-state index in [1.54, 1.807) is 41.3 Å². The molecule has 2 heterocycles. The van der Waals surface area contributed by atoms with E-state index in [2.05, 4.69) is 10.6 Å². The van der Waals surface area contributed by atoms with E-state index in [9.17, 15) is 28.7 Å². The summed E-state index contributed by atoms with van der Waals surface area (Å²) in [5.74, 6) is -5.17. The number of carbonyl (C=O) groups is 3. The van der Waals surface area contributed by atoms with Crippen molar-refractivity contribution in [2.24, 2.45) is 17.8 Å². The molecule has 3 amide bonds. The Labute approximate surface area is 228 Å². The predicted molar refractivity (Wildman–Crippen MR) is 143 cm³/mol. The number of piperidine rings is 1. The number of halogens is 2. The first-order valence-electron chi connectivity index (χ1n) is 12.5. The van der Waals surface area contributed by atoms with Crippen LogP contribution in [-0.4, -0.2) is 51.5 Å². The zero-order valence-corrected chi connectivity index (χ0v) is 21.5. The number of nitrogens with one attached hydrogen (secondary N) is 2. The van der Waals surface area contributed by atoms with E-state index in [-0.39, 0.29) is 22.8 Å². The fourth-order valence-electron chi connectivity index (χ4n) is 4.94. The van der Waals surface area contributed by atoms with Gasteiger partial charge >= 0.3 is 0 Å². The molecule has 11 heteroatoms. The fourth-order valence-corrected chi connectivity index (χ4v) is 5.06. The molecular formula is C28H26ClFN4O5. The number of likely N-dealkylation sites (tertiary alicyclic amines) is 1. The molecule has 9 nitrogen and oxygen atoms in total. The van der Waals surface area contributed by atoms with Gasteiger partial charge in [-0.1, -0.05) is 17.7 Å². The highest BCUT2D eigenvalue weighted by molar-refractivity contribution is 6.30. The molecule has 2 fully saturated rings. The van der Waals surface area contributed by atoms with Crippen LogP contribution in [-0.2, 0) is 14.4 Å². The summed E-state index contributed by atoms with van der Waals surface area (Å²) in [4.78, 5) is 53.3. The molecule has 1 aliphatic carbocycles. The van der Waals surface area contributed by atoms with Crippen molar-refractivity contribution in [1.29, 1.82) is 0 Å². The summed E-state index contributed by atoms with van der Waals surface area (Å²) in [5.41, 5.74) is 0.264. The Morgan fingerprint density at radius 2 is 1.56 bits per heavy atom. The van der Waals surface area contributed by atoms with Gasteiger partial charge in [-0.25, -0.2) is 4.39 Å². The number of amides is 3. The number of aliphatic hydroxyl groups excluding tert-OH is 1. The van der Waals surface area contributed by atoms with Crippen LogP contribution in [0, 0.1) is 23.6 Å². The van der Waals surface area contributed by atoms with Gasteiger partial charge in [0, 0.05) is 42.1 Å². The van der Waals surface area contributed by atoms with Crippen molar-refractivity contribution in [3.05, 3.63) is 88.1 Å². The number of carbonyl (C=O) groups excluding carboxylic acids is 3. The normalized spacial score (nSPS) is 20.8. The van der Waals surface area contributed by atoms with Crippen molar-refractivity contribution in [2.45, 2.75) is 18.9 Å². The topological polar surface area (TPSA) is 121 Å². The number of anilines is 2. The number of benzene rings is 2. The monoisotopic (exact) mass is 552 g/mol. The Bertz CT molecular complexity index is 1470. The smallest absolute Gasteiger partial charge is 0.255 e. The summed E-state index contributed by atoms with van der Waals surface area (Å²) in [5, 5.41) is 15.5. The minimum Gasteiger partial charge on any atom is -0.393 e. The van der Waals surface area contributed by atoms with Crippen molar-refractivity contribution in [3.63, 3.8) is 0 Å². The molecule has 2 aliphatic rings. The molecule has 3 N–H and O–H groups in total. The third-order valence-electron chi connectivity index (χ3n) is 7.11. The molecule has 39 heavy (non-hydrogen) atoms. The van der Waals surface area contributed by atoms with E-state index in [0.29, 0.717) is 36.6 Å². The number of nitrogens with zero attached hydrogens (tertiary/aromatic N) is 2. The van der Waals surface area contributed by atoms with E-state index in [1.165, 1.54) is 29.0 Å². The number of rotatable bonds is 6. The Morgan fingerprint density at radius 3 is 2.21 bits per heavy atom. The second-order valence-electron chi connectivity index (χ2n) is 9.69. The molecule has 3 atom stereocenters. The van der Waals surface area contributed by atoms with Crippen molar-refractivity contribution in [3.8, 4) is 5.69 Å². The van der Waals surface area contributed by atoms with Gasteiger partial charge in [0.1, 0.15) is 5.82 Å². The first-order valence-corrected chi connectivity index (χ1v) is 12.9. The van der Waals surface area contributed by atoms with Crippen molar-refractivity contribution in [1.82, 2.24) is 9.47 Å². The summed E-state index contributed by atoms with van der Waals surface area (Å²) in [6.07, 6.45) is 1.84. The van der Waals surface area contributed by atoms with Gasteiger partial charge < -0.3 is 20.6 Å².